The highest BCUT2D eigenvalue weighted by Gasteiger charge is 2.13. The molecular weight excluding hydrogens is 512 g/mol. The second kappa shape index (κ2) is 17.1. The van der Waals surface area contributed by atoms with Crippen LogP contribution >= 0.6 is 0 Å². The molecule has 38 heavy (non-hydrogen) atoms. The quantitative estimate of drug-likeness (QED) is 0.164. The number of benzene rings is 2. The lowest BCUT2D eigenvalue weighted by Gasteiger charge is -2.14. The summed E-state index contributed by atoms with van der Waals surface area (Å²) in [5.41, 5.74) is 2.80. The minimum Gasteiger partial charge on any atom is -0.508 e. The number of hydrogen-bond donors (Lipinski definition) is 5. The minimum atomic E-state index is -4.29. The van der Waals surface area contributed by atoms with E-state index in [-0.39, 0.29) is 18.8 Å². The number of aliphatic hydroxyl groups is 2. The molecule has 6 N–H and O–H groups in total. The van der Waals surface area contributed by atoms with E-state index in [0.29, 0.717) is 29.8 Å². The van der Waals surface area contributed by atoms with Gasteiger partial charge < -0.3 is 29.6 Å². The van der Waals surface area contributed by atoms with Crippen LogP contribution in [-0.2, 0) is 43.5 Å². The summed E-state index contributed by atoms with van der Waals surface area (Å²) in [5, 5.41) is 37.0. The van der Waals surface area contributed by atoms with E-state index in [2.05, 4.69) is 9.50 Å². The molecule has 2 aromatic carbocycles. The molecular formula is C27H40N2O8S. The van der Waals surface area contributed by atoms with E-state index >= 15 is 0 Å². The SMILES string of the molecule is NS(=O)(=O)OC(=O)Cc1cccc(CCCCOCCCCCCNC[C@@H](O)c2ccc(O)c(CO)c2)c1. The number of nitrogens with one attached hydrogen (secondary N) is 1. The third-order valence-electron chi connectivity index (χ3n) is 5.94. The van der Waals surface area contributed by atoms with Crippen LogP contribution in [0.15, 0.2) is 42.5 Å². The van der Waals surface area contributed by atoms with Gasteiger partial charge in [0.25, 0.3) is 0 Å². The van der Waals surface area contributed by atoms with Crippen LogP contribution in [0, 0.1) is 0 Å². The Morgan fingerprint density at radius 3 is 2.42 bits per heavy atom. The fraction of sp³-hybridized carbons (Fsp3) is 0.519. The van der Waals surface area contributed by atoms with Gasteiger partial charge in [0.05, 0.1) is 19.1 Å². The van der Waals surface area contributed by atoms with E-state index in [1.807, 2.05) is 18.2 Å². The van der Waals surface area contributed by atoms with Gasteiger partial charge in [-0.05, 0) is 67.5 Å². The van der Waals surface area contributed by atoms with Crippen LogP contribution in [0.4, 0.5) is 0 Å². The molecule has 0 aromatic heterocycles. The zero-order chi connectivity index (χ0) is 27.8. The van der Waals surface area contributed by atoms with Crippen LogP contribution in [0.5, 0.6) is 5.75 Å². The maximum absolute atomic E-state index is 11.6. The normalized spacial score (nSPS) is 12.4. The highest BCUT2D eigenvalue weighted by Crippen LogP contribution is 2.22. The lowest BCUT2D eigenvalue weighted by atomic mass is 10.0. The zero-order valence-corrected chi connectivity index (χ0v) is 22.5. The number of aryl methyl sites for hydroxylation is 1. The minimum absolute atomic E-state index is 0.0239. The Morgan fingerprint density at radius 1 is 0.974 bits per heavy atom. The smallest absolute Gasteiger partial charge is 0.382 e. The van der Waals surface area contributed by atoms with Crippen LogP contribution in [0.25, 0.3) is 0 Å². The summed E-state index contributed by atoms with van der Waals surface area (Å²) < 4.78 is 31.5. The molecule has 0 saturated carbocycles. The van der Waals surface area contributed by atoms with Crippen molar-refractivity contribution in [2.45, 2.75) is 64.1 Å². The van der Waals surface area contributed by atoms with E-state index in [1.165, 1.54) is 6.07 Å². The number of aromatic hydroxyl groups is 1. The molecule has 0 aliphatic carbocycles. The second-order valence-corrected chi connectivity index (χ2v) is 10.3. The second-order valence-electron chi connectivity index (χ2n) is 9.19. The van der Waals surface area contributed by atoms with Gasteiger partial charge in [-0.25, -0.2) is 0 Å². The van der Waals surface area contributed by atoms with Gasteiger partial charge in [-0.1, -0.05) is 43.2 Å². The van der Waals surface area contributed by atoms with Crippen molar-refractivity contribution in [2.75, 3.05) is 26.3 Å². The third-order valence-corrected chi connectivity index (χ3v) is 6.36. The molecule has 212 valence electrons. The van der Waals surface area contributed by atoms with Crippen molar-refractivity contribution in [1.29, 1.82) is 0 Å². The van der Waals surface area contributed by atoms with Crippen LogP contribution in [0.1, 0.15) is 66.9 Å². The Kier molecular flexibility index (Phi) is 14.3. The lowest BCUT2D eigenvalue weighted by molar-refractivity contribution is -0.133. The molecule has 11 heteroatoms. The van der Waals surface area contributed by atoms with Crippen LogP contribution in [0.2, 0.25) is 0 Å². The molecule has 1 atom stereocenters. The van der Waals surface area contributed by atoms with Crippen molar-refractivity contribution < 1.29 is 37.5 Å². The fourth-order valence-corrected chi connectivity index (χ4v) is 4.28. The molecule has 0 radical (unpaired) electrons. The number of aliphatic hydroxyl groups excluding tert-OH is 2. The monoisotopic (exact) mass is 552 g/mol. The average Bonchev–Trinajstić information content (AvgIpc) is 2.86. The summed E-state index contributed by atoms with van der Waals surface area (Å²) in [4.78, 5) is 11.6. The van der Waals surface area contributed by atoms with Gasteiger partial charge in [0.2, 0.25) is 0 Å². The predicted molar refractivity (Wildman–Crippen MR) is 143 cm³/mol. The Hall–Kier alpha value is -2.54. The van der Waals surface area contributed by atoms with Crippen LogP contribution in [-0.4, -0.2) is 56.0 Å². The topological polar surface area (TPSA) is 168 Å². The van der Waals surface area contributed by atoms with E-state index < -0.39 is 22.4 Å². The number of carbonyl (C=O) groups is 1. The molecule has 0 heterocycles. The van der Waals surface area contributed by atoms with E-state index in [4.69, 9.17) is 9.88 Å². The number of unbranched alkanes of at least 4 members (excludes halogenated alkanes) is 4. The number of ether oxygens (including phenoxy) is 1. The molecule has 10 nitrogen and oxygen atoms in total. The molecule has 0 saturated heterocycles. The predicted octanol–water partition coefficient (Wildman–Crippen LogP) is 2.40. The first-order valence-electron chi connectivity index (χ1n) is 12.9. The Morgan fingerprint density at radius 2 is 1.68 bits per heavy atom. The highest BCUT2D eigenvalue weighted by atomic mass is 32.2. The summed E-state index contributed by atoms with van der Waals surface area (Å²) in [5.74, 6) is -0.882. The molecule has 0 aliphatic heterocycles. The van der Waals surface area contributed by atoms with Crippen molar-refractivity contribution in [1.82, 2.24) is 5.32 Å². The van der Waals surface area contributed by atoms with Crippen molar-refractivity contribution in [3.05, 3.63) is 64.7 Å². The van der Waals surface area contributed by atoms with Gasteiger partial charge in [0.15, 0.2) is 0 Å². The summed E-state index contributed by atoms with van der Waals surface area (Å²) in [6.45, 7) is 2.36. The molecule has 0 amide bonds. The Bertz CT molecular complexity index is 1090. The van der Waals surface area contributed by atoms with E-state index in [1.54, 1.807) is 18.2 Å². The summed E-state index contributed by atoms with van der Waals surface area (Å²) in [6, 6.07) is 12.1. The van der Waals surface area contributed by atoms with Gasteiger partial charge in [-0.3, -0.25) is 4.79 Å². The van der Waals surface area contributed by atoms with Crippen LogP contribution < -0.4 is 10.5 Å². The maximum atomic E-state index is 11.6. The number of rotatable bonds is 19. The molecule has 0 unspecified atom stereocenters. The number of hydrogen-bond acceptors (Lipinski definition) is 9. The average molecular weight is 553 g/mol. The zero-order valence-electron chi connectivity index (χ0n) is 21.7. The molecule has 0 aliphatic rings. The number of nitrogens with two attached hydrogens (primary N) is 1. The van der Waals surface area contributed by atoms with Crippen LogP contribution in [0.3, 0.4) is 0 Å². The van der Waals surface area contributed by atoms with Crippen molar-refractivity contribution in [3.63, 3.8) is 0 Å². The number of carbonyl (C=O) groups excluding carboxylic acids is 1. The summed E-state index contributed by atoms with van der Waals surface area (Å²) in [7, 11) is -4.29. The van der Waals surface area contributed by atoms with Crippen molar-refractivity contribution in [3.8, 4) is 5.75 Å². The Labute approximate surface area is 225 Å². The first kappa shape index (κ1) is 31.7. The van der Waals surface area contributed by atoms with E-state index in [9.17, 15) is 28.5 Å². The number of phenols is 1. The molecule has 0 spiro atoms. The maximum Gasteiger partial charge on any atom is 0.382 e. The molecule has 2 rings (SSSR count). The Balaban J connectivity index is 1.45. The van der Waals surface area contributed by atoms with E-state index in [0.717, 1.165) is 63.7 Å². The lowest BCUT2D eigenvalue weighted by Crippen LogP contribution is -2.22. The third kappa shape index (κ3) is 13.3. The summed E-state index contributed by atoms with van der Waals surface area (Å²) in [6.07, 6.45) is 5.98. The van der Waals surface area contributed by atoms with Crippen molar-refractivity contribution in [2.24, 2.45) is 5.14 Å². The fourth-order valence-electron chi connectivity index (χ4n) is 3.96. The molecule has 0 bridgehead atoms. The van der Waals surface area contributed by atoms with Crippen molar-refractivity contribution >= 4 is 16.3 Å². The van der Waals surface area contributed by atoms with Gasteiger partial charge in [-0.15, -0.1) is 0 Å². The van der Waals surface area contributed by atoms with Gasteiger partial charge in [0, 0.05) is 25.3 Å². The molecule has 2 aromatic rings. The summed E-state index contributed by atoms with van der Waals surface area (Å²) >= 11 is 0. The first-order valence-corrected chi connectivity index (χ1v) is 14.4. The molecule has 0 fully saturated rings. The standard InChI is InChI=1S/C27H40N2O8S/c28-38(34,35)37-27(33)17-22-10-7-9-21(16-22)8-3-6-15-36-14-5-2-1-4-13-29-19-26(32)23-11-12-25(31)24(18-23)20-30/h7,9-12,16,18,26,29-32H,1-6,8,13-15,17,19-20H2,(H2,28,34,35)/t26-/m1/s1. The van der Waals surface area contributed by atoms with Gasteiger partial charge in [0.1, 0.15) is 5.75 Å². The highest BCUT2D eigenvalue weighted by molar-refractivity contribution is 7.84. The van der Waals surface area contributed by atoms with Gasteiger partial charge >= 0.3 is 16.3 Å². The largest absolute Gasteiger partial charge is 0.508 e. The van der Waals surface area contributed by atoms with Gasteiger partial charge in [-0.2, -0.15) is 13.6 Å². The first-order chi connectivity index (χ1) is 18.2.